The predicted molar refractivity (Wildman–Crippen MR) is 89.9 cm³/mol. The lowest BCUT2D eigenvalue weighted by Gasteiger charge is -2.11. The Labute approximate surface area is 138 Å². The van der Waals surface area contributed by atoms with Crippen molar-refractivity contribution in [3.8, 4) is 0 Å². The number of nitrogens with two attached hydrogens (primary N) is 1. The molecule has 1 atom stereocenters. The third kappa shape index (κ3) is 4.41. The fourth-order valence-electron chi connectivity index (χ4n) is 1.98. The molecule has 0 aliphatic rings. The van der Waals surface area contributed by atoms with Gasteiger partial charge in [-0.1, -0.05) is 6.92 Å². The van der Waals surface area contributed by atoms with Gasteiger partial charge in [-0.3, -0.25) is 9.59 Å². The number of ketones is 1. The number of anilines is 1. The van der Waals surface area contributed by atoms with Crippen LogP contribution < -0.4 is 11.1 Å². The summed E-state index contributed by atoms with van der Waals surface area (Å²) in [7, 11) is 0. The van der Waals surface area contributed by atoms with Crippen molar-refractivity contribution in [1.82, 2.24) is 0 Å². The monoisotopic (exact) mass is 330 g/mol. The Balaban J connectivity index is 2.12. The molecule has 0 fully saturated rings. The normalized spacial score (nSPS) is 11.8. The van der Waals surface area contributed by atoms with Crippen molar-refractivity contribution >= 4 is 28.6 Å². The first-order valence-corrected chi connectivity index (χ1v) is 8.35. The molecule has 0 spiro atoms. The summed E-state index contributed by atoms with van der Waals surface area (Å²) in [6.07, 6.45) is 0.443. The van der Waals surface area contributed by atoms with Gasteiger partial charge in [0, 0.05) is 28.8 Å². The van der Waals surface area contributed by atoms with Crippen LogP contribution in [0, 0.1) is 0 Å². The Morgan fingerprint density at radius 3 is 2.04 bits per heavy atom. The third-order valence-electron chi connectivity index (χ3n) is 3.25. The summed E-state index contributed by atoms with van der Waals surface area (Å²) < 4.78 is 12.5. The SMILES string of the molecule is CCC(=O)c1ccc([S+]([O-])c2ccc(NC(=O)CN)cc2)cc1. The van der Waals surface area contributed by atoms with Crippen LogP contribution in [0.1, 0.15) is 23.7 Å². The van der Waals surface area contributed by atoms with Crippen LogP contribution in [-0.4, -0.2) is 22.8 Å². The zero-order valence-electron chi connectivity index (χ0n) is 12.7. The Morgan fingerprint density at radius 2 is 1.57 bits per heavy atom. The van der Waals surface area contributed by atoms with Crippen LogP contribution in [0.25, 0.3) is 0 Å². The van der Waals surface area contributed by atoms with Gasteiger partial charge in [0.25, 0.3) is 0 Å². The minimum atomic E-state index is -1.34. The summed E-state index contributed by atoms with van der Waals surface area (Å²) in [6.45, 7) is 1.72. The number of Topliss-reactive ketones (excluding diaryl/α,β-unsaturated/α-hetero) is 1. The number of carbonyl (C=O) groups excluding carboxylic acids is 2. The molecule has 2 aromatic carbocycles. The van der Waals surface area contributed by atoms with Crippen molar-refractivity contribution in [3.63, 3.8) is 0 Å². The Morgan fingerprint density at radius 1 is 1.04 bits per heavy atom. The zero-order chi connectivity index (χ0) is 16.8. The van der Waals surface area contributed by atoms with Gasteiger partial charge in [0.1, 0.15) is 0 Å². The van der Waals surface area contributed by atoms with Gasteiger partial charge in [-0.15, -0.1) is 0 Å². The highest BCUT2D eigenvalue weighted by Gasteiger charge is 2.15. The van der Waals surface area contributed by atoms with Crippen molar-refractivity contribution in [2.24, 2.45) is 5.73 Å². The van der Waals surface area contributed by atoms with E-state index >= 15 is 0 Å². The number of rotatable bonds is 6. The molecular weight excluding hydrogens is 312 g/mol. The van der Waals surface area contributed by atoms with Crippen LogP contribution in [0.15, 0.2) is 58.3 Å². The van der Waals surface area contributed by atoms with E-state index in [4.69, 9.17) is 5.73 Å². The summed E-state index contributed by atoms with van der Waals surface area (Å²) >= 11 is -1.34. The molecule has 23 heavy (non-hydrogen) atoms. The first-order valence-electron chi connectivity index (χ1n) is 7.20. The van der Waals surface area contributed by atoms with Crippen molar-refractivity contribution in [3.05, 3.63) is 54.1 Å². The second kappa shape index (κ2) is 7.92. The van der Waals surface area contributed by atoms with Crippen LogP contribution >= 0.6 is 0 Å². The Bertz CT molecular complexity index is 684. The average molecular weight is 330 g/mol. The van der Waals surface area contributed by atoms with Crippen molar-refractivity contribution < 1.29 is 14.1 Å². The van der Waals surface area contributed by atoms with Crippen molar-refractivity contribution in [2.45, 2.75) is 23.1 Å². The number of nitrogens with one attached hydrogen (secondary N) is 1. The van der Waals surface area contributed by atoms with Gasteiger partial charge in [-0.2, -0.15) is 0 Å². The molecule has 0 bridgehead atoms. The number of hydrogen-bond acceptors (Lipinski definition) is 4. The summed E-state index contributed by atoms with van der Waals surface area (Å²) in [5, 5.41) is 2.62. The molecule has 2 rings (SSSR count). The van der Waals surface area contributed by atoms with E-state index in [1.54, 1.807) is 55.5 Å². The molecule has 0 saturated heterocycles. The van der Waals surface area contributed by atoms with Gasteiger partial charge in [0.15, 0.2) is 15.6 Å². The Kier molecular flexibility index (Phi) is 5.92. The molecule has 0 saturated carbocycles. The van der Waals surface area contributed by atoms with Gasteiger partial charge < -0.3 is 15.6 Å². The molecule has 6 heteroatoms. The molecule has 5 nitrogen and oxygen atoms in total. The third-order valence-corrected chi connectivity index (χ3v) is 4.65. The maximum atomic E-state index is 12.5. The summed E-state index contributed by atoms with van der Waals surface area (Å²) in [5.74, 6) is -0.225. The number of benzene rings is 2. The van der Waals surface area contributed by atoms with Gasteiger partial charge in [-0.25, -0.2) is 0 Å². The minimum Gasteiger partial charge on any atom is -0.606 e. The average Bonchev–Trinajstić information content (AvgIpc) is 2.61. The molecule has 0 radical (unpaired) electrons. The number of amides is 1. The fraction of sp³-hybridized carbons (Fsp3) is 0.176. The molecule has 3 N–H and O–H groups in total. The maximum absolute atomic E-state index is 12.5. The highest BCUT2D eigenvalue weighted by molar-refractivity contribution is 7.91. The van der Waals surface area contributed by atoms with Crippen LogP contribution in [-0.2, 0) is 16.0 Å². The number of hydrogen-bond donors (Lipinski definition) is 2. The van der Waals surface area contributed by atoms with Crippen LogP contribution in [0.3, 0.4) is 0 Å². The summed E-state index contributed by atoms with van der Waals surface area (Å²) in [4.78, 5) is 24.0. The lowest BCUT2D eigenvalue weighted by atomic mass is 10.1. The molecule has 0 aromatic heterocycles. The Hall–Kier alpha value is -2.15. The lowest BCUT2D eigenvalue weighted by Crippen LogP contribution is -2.21. The van der Waals surface area contributed by atoms with Crippen molar-refractivity contribution in [1.29, 1.82) is 0 Å². The van der Waals surface area contributed by atoms with E-state index in [1.165, 1.54) is 0 Å². The molecule has 120 valence electrons. The standard InChI is InChI=1S/C17H18N2O3S/c1-2-16(20)12-3-7-14(8-4-12)23(22)15-9-5-13(6-10-15)19-17(21)11-18/h3-10H,2,11,18H2,1H3,(H,19,21). The fourth-order valence-corrected chi connectivity index (χ4v) is 3.02. The summed E-state index contributed by atoms with van der Waals surface area (Å²) in [5.41, 5.74) is 6.45. The van der Waals surface area contributed by atoms with Crippen molar-refractivity contribution in [2.75, 3.05) is 11.9 Å². The lowest BCUT2D eigenvalue weighted by molar-refractivity contribution is -0.114. The molecule has 0 aliphatic heterocycles. The maximum Gasteiger partial charge on any atom is 0.238 e. The second-order valence-corrected chi connectivity index (χ2v) is 6.33. The van der Waals surface area contributed by atoms with Crippen LogP contribution in [0.5, 0.6) is 0 Å². The first kappa shape index (κ1) is 17.2. The molecule has 1 amide bonds. The number of carbonyl (C=O) groups is 2. The molecule has 1 unspecified atom stereocenters. The largest absolute Gasteiger partial charge is 0.606 e. The van der Waals surface area contributed by atoms with E-state index in [-0.39, 0.29) is 18.2 Å². The van der Waals surface area contributed by atoms with E-state index in [9.17, 15) is 14.1 Å². The molecule has 0 heterocycles. The molecular formula is C17H18N2O3S. The van der Waals surface area contributed by atoms with Crippen LogP contribution in [0.4, 0.5) is 5.69 Å². The summed E-state index contributed by atoms with van der Waals surface area (Å²) in [6, 6.07) is 13.5. The first-order chi connectivity index (χ1) is 11.0. The second-order valence-electron chi connectivity index (χ2n) is 4.85. The van der Waals surface area contributed by atoms with E-state index < -0.39 is 11.2 Å². The highest BCUT2D eigenvalue weighted by atomic mass is 32.2. The van der Waals surface area contributed by atoms with E-state index in [1.807, 2.05) is 0 Å². The smallest absolute Gasteiger partial charge is 0.238 e. The van der Waals surface area contributed by atoms with Crippen LogP contribution in [0.2, 0.25) is 0 Å². The molecule has 2 aromatic rings. The van der Waals surface area contributed by atoms with Gasteiger partial charge in [0.05, 0.1) is 6.54 Å². The zero-order valence-corrected chi connectivity index (χ0v) is 13.6. The van der Waals surface area contributed by atoms with Gasteiger partial charge in [0.2, 0.25) is 5.91 Å². The highest BCUT2D eigenvalue weighted by Crippen LogP contribution is 2.23. The van der Waals surface area contributed by atoms with E-state index in [2.05, 4.69) is 5.32 Å². The van der Waals surface area contributed by atoms with E-state index in [0.29, 0.717) is 27.5 Å². The topological polar surface area (TPSA) is 95.2 Å². The minimum absolute atomic E-state index is 0.0577. The predicted octanol–water partition coefficient (Wildman–Crippen LogP) is 2.34. The quantitative estimate of drug-likeness (QED) is 0.628. The molecule has 0 aliphatic carbocycles. The van der Waals surface area contributed by atoms with Gasteiger partial charge in [-0.05, 0) is 48.5 Å². The van der Waals surface area contributed by atoms with E-state index in [0.717, 1.165) is 0 Å². The van der Waals surface area contributed by atoms with Gasteiger partial charge >= 0.3 is 0 Å².